The van der Waals surface area contributed by atoms with Gasteiger partial charge in [-0.3, -0.25) is 0 Å². The van der Waals surface area contributed by atoms with Crippen molar-refractivity contribution in [1.82, 2.24) is 4.57 Å². The van der Waals surface area contributed by atoms with Gasteiger partial charge in [0, 0.05) is 24.7 Å². The summed E-state index contributed by atoms with van der Waals surface area (Å²) in [6, 6.07) is 34.8. The van der Waals surface area contributed by atoms with Gasteiger partial charge in [-0.25, -0.2) is 0 Å². The average molecular weight is 432 g/mol. The number of aryl methyl sites for hydroxylation is 1. The third kappa shape index (κ3) is 3.66. The van der Waals surface area contributed by atoms with Gasteiger partial charge < -0.3 is 14.0 Å². The molecule has 0 unspecified atom stereocenters. The number of hydrogen-bond donors (Lipinski definition) is 0. The molecule has 6 rings (SSSR count). The molecule has 0 spiro atoms. The lowest BCUT2D eigenvalue weighted by molar-refractivity contribution is 0.171. The summed E-state index contributed by atoms with van der Waals surface area (Å²) < 4.78 is 13.6. The van der Waals surface area contributed by atoms with E-state index in [0.29, 0.717) is 13.2 Å². The molecule has 4 aromatic carbocycles. The van der Waals surface area contributed by atoms with Gasteiger partial charge in [-0.15, -0.1) is 0 Å². The van der Waals surface area contributed by atoms with Gasteiger partial charge >= 0.3 is 0 Å². The second-order valence-corrected chi connectivity index (χ2v) is 8.57. The standard InChI is InChI=1S/C30H25NO2/c1-31-16-15-25-19-26(11-13-27(25)31)30(22-5-3-2-4-6-22)23-9-7-21(8-10-23)24-12-14-28-29(20-24)33-18-17-32-28/h2-16,19-20,30H,17-18H2,1H3/t30-/m1/s1. The maximum atomic E-state index is 5.77. The highest BCUT2D eigenvalue weighted by molar-refractivity contribution is 5.81. The molecule has 0 saturated carbocycles. The van der Waals surface area contributed by atoms with E-state index in [4.69, 9.17) is 9.47 Å². The fraction of sp³-hybridized carbons (Fsp3) is 0.133. The molecule has 0 amide bonds. The molecule has 0 fully saturated rings. The van der Waals surface area contributed by atoms with Crippen molar-refractivity contribution in [2.24, 2.45) is 7.05 Å². The normalized spacial score (nSPS) is 13.7. The molecule has 0 saturated heterocycles. The first kappa shape index (κ1) is 19.7. The predicted octanol–water partition coefficient (Wildman–Crippen LogP) is 6.80. The number of fused-ring (bicyclic) bond motifs is 2. The summed E-state index contributed by atoms with van der Waals surface area (Å²) in [4.78, 5) is 0. The molecule has 1 aromatic heterocycles. The van der Waals surface area contributed by atoms with Crippen LogP contribution in [0.3, 0.4) is 0 Å². The Labute approximate surface area is 193 Å². The van der Waals surface area contributed by atoms with Crippen LogP contribution >= 0.6 is 0 Å². The minimum atomic E-state index is 0.171. The Bertz CT molecular complexity index is 1420. The Morgan fingerprint density at radius 3 is 2.15 bits per heavy atom. The lowest BCUT2D eigenvalue weighted by Crippen LogP contribution is -2.15. The number of aromatic nitrogens is 1. The minimum absolute atomic E-state index is 0.171. The Balaban J connectivity index is 1.40. The predicted molar refractivity (Wildman–Crippen MR) is 133 cm³/mol. The molecule has 3 heteroatoms. The Kier molecular flexibility index (Phi) is 4.88. The average Bonchev–Trinajstić information content (AvgIpc) is 3.25. The largest absolute Gasteiger partial charge is 0.486 e. The van der Waals surface area contributed by atoms with Crippen molar-refractivity contribution >= 4 is 10.9 Å². The molecule has 0 bridgehead atoms. The Morgan fingerprint density at radius 1 is 0.636 bits per heavy atom. The Morgan fingerprint density at radius 2 is 1.33 bits per heavy atom. The quantitative estimate of drug-likeness (QED) is 0.292. The van der Waals surface area contributed by atoms with Crippen molar-refractivity contribution in [3.63, 3.8) is 0 Å². The fourth-order valence-corrected chi connectivity index (χ4v) is 4.79. The zero-order valence-electron chi connectivity index (χ0n) is 18.6. The van der Waals surface area contributed by atoms with Crippen LogP contribution in [0.25, 0.3) is 22.0 Å². The second kappa shape index (κ2) is 8.18. The van der Waals surface area contributed by atoms with Crippen molar-refractivity contribution in [2.45, 2.75) is 5.92 Å². The molecule has 162 valence electrons. The summed E-state index contributed by atoms with van der Waals surface area (Å²) in [5.41, 5.74) is 7.41. The summed E-state index contributed by atoms with van der Waals surface area (Å²) in [7, 11) is 2.09. The summed E-state index contributed by atoms with van der Waals surface area (Å²) >= 11 is 0. The molecule has 33 heavy (non-hydrogen) atoms. The zero-order chi connectivity index (χ0) is 22.2. The Hall–Kier alpha value is -3.98. The SMILES string of the molecule is Cn1ccc2cc([C@H](c3ccccc3)c3ccc(-c4ccc5c(c4)OCCO5)cc3)ccc21. The molecular weight excluding hydrogens is 406 g/mol. The third-order valence-corrected chi connectivity index (χ3v) is 6.50. The fourth-order valence-electron chi connectivity index (χ4n) is 4.79. The summed E-state index contributed by atoms with van der Waals surface area (Å²) in [5, 5.41) is 1.27. The van der Waals surface area contributed by atoms with E-state index >= 15 is 0 Å². The molecule has 1 aliphatic heterocycles. The van der Waals surface area contributed by atoms with Gasteiger partial charge in [0.2, 0.25) is 0 Å². The monoisotopic (exact) mass is 431 g/mol. The van der Waals surface area contributed by atoms with E-state index in [9.17, 15) is 0 Å². The molecule has 1 atom stereocenters. The van der Waals surface area contributed by atoms with Crippen LogP contribution in [0.15, 0.2) is 103 Å². The first-order chi connectivity index (χ1) is 16.3. The number of benzene rings is 4. The number of hydrogen-bond acceptors (Lipinski definition) is 2. The van der Waals surface area contributed by atoms with E-state index in [1.54, 1.807) is 0 Å². The smallest absolute Gasteiger partial charge is 0.161 e. The van der Waals surface area contributed by atoms with E-state index < -0.39 is 0 Å². The lowest BCUT2D eigenvalue weighted by Gasteiger charge is -2.20. The third-order valence-electron chi connectivity index (χ3n) is 6.50. The van der Waals surface area contributed by atoms with Crippen molar-refractivity contribution in [1.29, 1.82) is 0 Å². The number of ether oxygens (including phenoxy) is 2. The van der Waals surface area contributed by atoms with Crippen molar-refractivity contribution in [3.05, 3.63) is 120 Å². The van der Waals surface area contributed by atoms with E-state index in [-0.39, 0.29) is 5.92 Å². The van der Waals surface area contributed by atoms with E-state index in [1.165, 1.54) is 33.2 Å². The maximum absolute atomic E-state index is 5.77. The van der Waals surface area contributed by atoms with Crippen LogP contribution < -0.4 is 9.47 Å². The molecule has 5 aromatic rings. The highest BCUT2D eigenvalue weighted by atomic mass is 16.6. The summed E-state index contributed by atoms with van der Waals surface area (Å²) in [6.07, 6.45) is 2.12. The topological polar surface area (TPSA) is 23.4 Å². The van der Waals surface area contributed by atoms with Crippen LogP contribution in [-0.2, 0) is 7.05 Å². The van der Waals surface area contributed by atoms with Gasteiger partial charge in [-0.2, -0.15) is 0 Å². The van der Waals surface area contributed by atoms with Crippen LogP contribution in [0.4, 0.5) is 0 Å². The number of nitrogens with zero attached hydrogens (tertiary/aromatic N) is 1. The van der Waals surface area contributed by atoms with Crippen LogP contribution in [-0.4, -0.2) is 17.8 Å². The van der Waals surface area contributed by atoms with Crippen LogP contribution in [0.5, 0.6) is 11.5 Å². The van der Waals surface area contributed by atoms with Crippen LogP contribution in [0.1, 0.15) is 22.6 Å². The molecule has 1 aliphatic rings. The van der Waals surface area contributed by atoms with Crippen LogP contribution in [0, 0.1) is 0 Å². The molecular formula is C30H25NO2. The van der Waals surface area contributed by atoms with E-state index in [0.717, 1.165) is 17.1 Å². The highest BCUT2D eigenvalue weighted by Crippen LogP contribution is 2.37. The molecule has 3 nitrogen and oxygen atoms in total. The van der Waals surface area contributed by atoms with Crippen molar-refractivity contribution in [2.75, 3.05) is 13.2 Å². The zero-order valence-corrected chi connectivity index (χ0v) is 18.6. The second-order valence-electron chi connectivity index (χ2n) is 8.57. The highest BCUT2D eigenvalue weighted by Gasteiger charge is 2.18. The van der Waals surface area contributed by atoms with Gasteiger partial charge in [0.1, 0.15) is 13.2 Å². The lowest BCUT2D eigenvalue weighted by atomic mass is 9.84. The number of rotatable bonds is 4. The molecule has 0 radical (unpaired) electrons. The molecule has 2 heterocycles. The first-order valence-corrected chi connectivity index (χ1v) is 11.4. The van der Waals surface area contributed by atoms with E-state index in [2.05, 4.69) is 109 Å². The maximum Gasteiger partial charge on any atom is 0.161 e. The summed E-state index contributed by atoms with van der Waals surface area (Å²) in [5.74, 6) is 1.81. The van der Waals surface area contributed by atoms with Crippen molar-refractivity contribution < 1.29 is 9.47 Å². The van der Waals surface area contributed by atoms with Gasteiger partial charge in [0.25, 0.3) is 0 Å². The minimum Gasteiger partial charge on any atom is -0.486 e. The molecule has 0 aliphatic carbocycles. The van der Waals surface area contributed by atoms with Crippen LogP contribution in [0.2, 0.25) is 0 Å². The van der Waals surface area contributed by atoms with Gasteiger partial charge in [0.05, 0.1) is 0 Å². The van der Waals surface area contributed by atoms with Gasteiger partial charge in [-0.1, -0.05) is 66.7 Å². The summed E-state index contributed by atoms with van der Waals surface area (Å²) in [6.45, 7) is 1.20. The van der Waals surface area contributed by atoms with Gasteiger partial charge in [-0.05, 0) is 63.5 Å². The first-order valence-electron chi connectivity index (χ1n) is 11.4. The van der Waals surface area contributed by atoms with E-state index in [1.807, 2.05) is 6.07 Å². The van der Waals surface area contributed by atoms with Gasteiger partial charge in [0.15, 0.2) is 11.5 Å². The molecule has 0 N–H and O–H groups in total. The van der Waals surface area contributed by atoms with Crippen molar-refractivity contribution in [3.8, 4) is 22.6 Å².